The van der Waals surface area contributed by atoms with Gasteiger partial charge in [-0.2, -0.15) is 0 Å². The molecule has 2 fully saturated rings. The fraction of sp³-hybridized carbons (Fsp3) is 0.650. The number of carbonyl (C=O) groups is 1. The molecule has 0 aromatic carbocycles. The first-order valence-corrected chi connectivity index (χ1v) is 10.8. The smallest absolute Gasteiger partial charge is 0.270 e. The molecule has 0 aliphatic carbocycles. The fourth-order valence-corrected chi connectivity index (χ4v) is 5.31. The number of carbonyl (C=O) groups excluding carboxylic acids is 1. The van der Waals surface area contributed by atoms with E-state index in [9.17, 15) is 4.79 Å². The lowest BCUT2D eigenvalue weighted by Gasteiger charge is -2.34. The van der Waals surface area contributed by atoms with Crippen molar-refractivity contribution in [1.82, 2.24) is 19.7 Å². The van der Waals surface area contributed by atoms with E-state index < -0.39 is 0 Å². The summed E-state index contributed by atoms with van der Waals surface area (Å²) in [7, 11) is 0. The molecular weight excluding hydrogens is 344 g/mol. The lowest BCUT2D eigenvalue weighted by molar-refractivity contribution is 0.0630. The Balaban J connectivity index is 1.56. The summed E-state index contributed by atoms with van der Waals surface area (Å²) in [5, 5.41) is 0. The summed E-state index contributed by atoms with van der Waals surface area (Å²) in [6.07, 6.45) is 3.74. The first-order chi connectivity index (χ1) is 12.7. The van der Waals surface area contributed by atoms with Crippen LogP contribution in [-0.4, -0.2) is 71.4 Å². The van der Waals surface area contributed by atoms with Crippen molar-refractivity contribution in [3.8, 4) is 0 Å². The van der Waals surface area contributed by atoms with Gasteiger partial charge in [0.2, 0.25) is 0 Å². The van der Waals surface area contributed by atoms with E-state index in [2.05, 4.69) is 34.7 Å². The number of aryl methyl sites for hydroxylation is 1. The first kappa shape index (κ1) is 18.0. The molecular formula is C20H30N4OS. The molecule has 0 unspecified atom stereocenters. The van der Waals surface area contributed by atoms with Gasteiger partial charge >= 0.3 is 0 Å². The van der Waals surface area contributed by atoms with Crippen LogP contribution in [0.3, 0.4) is 0 Å². The molecule has 26 heavy (non-hydrogen) atoms. The molecule has 2 aromatic rings. The third-order valence-corrected chi connectivity index (χ3v) is 6.79. The van der Waals surface area contributed by atoms with E-state index in [0.29, 0.717) is 0 Å². The van der Waals surface area contributed by atoms with Gasteiger partial charge < -0.3 is 9.88 Å². The van der Waals surface area contributed by atoms with Gasteiger partial charge in [-0.3, -0.25) is 14.6 Å². The van der Waals surface area contributed by atoms with E-state index in [-0.39, 0.29) is 5.91 Å². The van der Waals surface area contributed by atoms with Crippen molar-refractivity contribution < 1.29 is 4.79 Å². The topological polar surface area (TPSA) is 42.6 Å². The molecule has 5 nitrogen and oxygen atoms in total. The standard InChI is InChI=1S/C20H30N4OS/c1-3-6-22-9-11-24(12-10-22)20(25)18-16(14-23-7-4-5-8-23)19-17(21-18)13-15(2)26-19/h13,21H,3-12,14H2,1-2H3. The number of aromatic amines is 1. The Labute approximate surface area is 160 Å². The van der Waals surface area contributed by atoms with Crippen LogP contribution in [-0.2, 0) is 6.54 Å². The summed E-state index contributed by atoms with van der Waals surface area (Å²) >= 11 is 1.82. The van der Waals surface area contributed by atoms with E-state index >= 15 is 0 Å². The molecule has 0 radical (unpaired) electrons. The van der Waals surface area contributed by atoms with Gasteiger partial charge in [0.25, 0.3) is 5.91 Å². The number of nitrogens with one attached hydrogen (secondary N) is 1. The maximum absolute atomic E-state index is 13.3. The van der Waals surface area contributed by atoms with E-state index in [1.54, 1.807) is 0 Å². The highest BCUT2D eigenvalue weighted by molar-refractivity contribution is 7.19. The van der Waals surface area contributed by atoms with Gasteiger partial charge in [0.15, 0.2) is 0 Å². The van der Waals surface area contributed by atoms with Gasteiger partial charge in [0, 0.05) is 43.2 Å². The second kappa shape index (κ2) is 7.71. The Hall–Kier alpha value is -1.37. The Bertz CT molecular complexity index is 766. The number of nitrogens with zero attached hydrogens (tertiary/aromatic N) is 3. The van der Waals surface area contributed by atoms with E-state index in [0.717, 1.165) is 63.6 Å². The average molecular weight is 375 g/mol. The van der Waals surface area contributed by atoms with Crippen molar-refractivity contribution >= 4 is 27.5 Å². The monoisotopic (exact) mass is 374 g/mol. The SMILES string of the molecule is CCCN1CCN(C(=O)c2[nH]c3cc(C)sc3c2CN2CCCC2)CC1. The van der Waals surface area contributed by atoms with Crippen molar-refractivity contribution in [3.63, 3.8) is 0 Å². The van der Waals surface area contributed by atoms with E-state index in [1.165, 1.54) is 34.4 Å². The molecule has 0 saturated carbocycles. The predicted molar refractivity (Wildman–Crippen MR) is 108 cm³/mol. The van der Waals surface area contributed by atoms with Crippen molar-refractivity contribution in [2.24, 2.45) is 0 Å². The Kier molecular flexibility index (Phi) is 5.34. The van der Waals surface area contributed by atoms with E-state index in [4.69, 9.17) is 0 Å². The summed E-state index contributed by atoms with van der Waals surface area (Å²) in [5.41, 5.74) is 3.19. The number of thiophene rings is 1. The molecule has 2 aliphatic rings. The normalized spacial score (nSPS) is 19.7. The quantitative estimate of drug-likeness (QED) is 0.873. The van der Waals surface area contributed by atoms with Crippen LogP contribution in [0.4, 0.5) is 0 Å². The Morgan fingerprint density at radius 2 is 1.85 bits per heavy atom. The van der Waals surface area contributed by atoms with Crippen LogP contribution < -0.4 is 0 Å². The van der Waals surface area contributed by atoms with Gasteiger partial charge in [-0.1, -0.05) is 6.92 Å². The lowest BCUT2D eigenvalue weighted by Crippen LogP contribution is -2.49. The Morgan fingerprint density at radius 3 is 2.54 bits per heavy atom. The second-order valence-electron chi connectivity index (χ2n) is 7.70. The molecule has 4 heterocycles. The van der Waals surface area contributed by atoms with Crippen LogP contribution in [0.25, 0.3) is 10.2 Å². The van der Waals surface area contributed by atoms with Gasteiger partial charge in [0.1, 0.15) is 5.69 Å². The summed E-state index contributed by atoms with van der Waals surface area (Å²) in [6.45, 7) is 12.4. The van der Waals surface area contributed by atoms with Crippen molar-refractivity contribution in [3.05, 3.63) is 22.2 Å². The highest BCUT2D eigenvalue weighted by atomic mass is 32.1. The Morgan fingerprint density at radius 1 is 1.12 bits per heavy atom. The fourth-order valence-electron chi connectivity index (χ4n) is 4.30. The predicted octanol–water partition coefficient (Wildman–Crippen LogP) is 3.30. The number of likely N-dealkylation sites (tertiary alicyclic amines) is 1. The molecule has 0 bridgehead atoms. The number of H-pyrrole nitrogens is 1. The average Bonchev–Trinajstić information content (AvgIpc) is 3.34. The third-order valence-electron chi connectivity index (χ3n) is 5.68. The van der Waals surface area contributed by atoms with Crippen molar-refractivity contribution in [2.75, 3.05) is 45.8 Å². The molecule has 0 atom stereocenters. The number of hydrogen-bond donors (Lipinski definition) is 1. The van der Waals surface area contributed by atoms with Crippen LogP contribution in [0.1, 0.15) is 47.1 Å². The molecule has 6 heteroatoms. The van der Waals surface area contributed by atoms with Gasteiger partial charge in [-0.25, -0.2) is 0 Å². The molecule has 2 saturated heterocycles. The van der Waals surface area contributed by atoms with Crippen LogP contribution in [0.2, 0.25) is 0 Å². The maximum atomic E-state index is 13.3. The molecule has 2 aliphatic heterocycles. The molecule has 1 amide bonds. The number of hydrogen-bond acceptors (Lipinski definition) is 4. The molecule has 1 N–H and O–H groups in total. The molecule has 2 aromatic heterocycles. The highest BCUT2D eigenvalue weighted by Gasteiger charge is 2.28. The first-order valence-electron chi connectivity index (χ1n) is 10.0. The van der Waals surface area contributed by atoms with Crippen LogP contribution in [0.5, 0.6) is 0 Å². The molecule has 4 rings (SSSR count). The third kappa shape index (κ3) is 3.55. The summed E-state index contributed by atoms with van der Waals surface area (Å²) in [6, 6.07) is 2.18. The number of aromatic nitrogens is 1. The number of piperazine rings is 1. The van der Waals surface area contributed by atoms with E-state index in [1.807, 2.05) is 16.2 Å². The van der Waals surface area contributed by atoms with Gasteiger partial charge in [0.05, 0.1) is 10.2 Å². The minimum atomic E-state index is 0.191. The number of fused-ring (bicyclic) bond motifs is 1. The zero-order valence-corrected chi connectivity index (χ0v) is 16.8. The summed E-state index contributed by atoms with van der Waals surface area (Å²) in [5.74, 6) is 0.191. The maximum Gasteiger partial charge on any atom is 0.270 e. The zero-order valence-electron chi connectivity index (χ0n) is 16.0. The minimum absolute atomic E-state index is 0.191. The van der Waals surface area contributed by atoms with Crippen LogP contribution >= 0.6 is 11.3 Å². The van der Waals surface area contributed by atoms with Crippen molar-refractivity contribution in [1.29, 1.82) is 0 Å². The number of amides is 1. The van der Waals surface area contributed by atoms with Crippen molar-refractivity contribution in [2.45, 2.75) is 39.7 Å². The summed E-state index contributed by atoms with van der Waals surface area (Å²) < 4.78 is 1.28. The summed E-state index contributed by atoms with van der Waals surface area (Å²) in [4.78, 5) is 25.1. The van der Waals surface area contributed by atoms with Gasteiger partial charge in [-0.15, -0.1) is 11.3 Å². The minimum Gasteiger partial charge on any atom is -0.350 e. The highest BCUT2D eigenvalue weighted by Crippen LogP contribution is 2.33. The lowest BCUT2D eigenvalue weighted by atomic mass is 10.2. The largest absolute Gasteiger partial charge is 0.350 e. The second-order valence-corrected chi connectivity index (χ2v) is 8.95. The molecule has 0 spiro atoms. The molecule has 142 valence electrons. The number of rotatable bonds is 5. The van der Waals surface area contributed by atoms with Crippen LogP contribution in [0.15, 0.2) is 6.07 Å². The van der Waals surface area contributed by atoms with Crippen LogP contribution in [0, 0.1) is 6.92 Å². The zero-order chi connectivity index (χ0) is 18.1. The van der Waals surface area contributed by atoms with Gasteiger partial charge in [-0.05, 0) is 51.9 Å².